The van der Waals surface area contributed by atoms with Crippen LogP contribution in [0.25, 0.3) is 0 Å². The Kier molecular flexibility index (Phi) is 4.34. The summed E-state index contributed by atoms with van der Waals surface area (Å²) >= 11 is 5.75. The average molecular weight is 285 g/mol. The summed E-state index contributed by atoms with van der Waals surface area (Å²) in [6.07, 6.45) is 1.99. The molecule has 1 N–H and O–H groups in total. The number of carbonyl (C=O) groups excluding carboxylic acids is 1. The second-order valence-corrected chi connectivity index (χ2v) is 4.68. The molecule has 0 saturated carbocycles. The monoisotopic (exact) mass is 284 g/mol. The van der Waals surface area contributed by atoms with Crippen molar-refractivity contribution in [1.29, 1.82) is 0 Å². The third kappa shape index (κ3) is 3.42. The van der Waals surface area contributed by atoms with Crippen LogP contribution in [0.2, 0.25) is 5.02 Å². The highest BCUT2D eigenvalue weighted by Gasteiger charge is 2.18. The zero-order valence-electron chi connectivity index (χ0n) is 10.1. The van der Waals surface area contributed by atoms with E-state index < -0.39 is 4.92 Å². The summed E-state index contributed by atoms with van der Waals surface area (Å²) in [7, 11) is 0. The molecule has 2 rings (SSSR count). The highest BCUT2D eigenvalue weighted by molar-refractivity contribution is 6.33. The largest absolute Gasteiger partial charge is 0.376 e. The molecular weight excluding hydrogens is 272 g/mol. The third-order valence-electron chi connectivity index (χ3n) is 2.92. The van der Waals surface area contributed by atoms with Crippen molar-refractivity contribution in [2.45, 2.75) is 18.9 Å². The lowest BCUT2D eigenvalue weighted by Gasteiger charge is -2.10. The van der Waals surface area contributed by atoms with Gasteiger partial charge in [0.1, 0.15) is 5.02 Å². The lowest BCUT2D eigenvalue weighted by atomic mass is 10.2. The molecule has 1 fully saturated rings. The van der Waals surface area contributed by atoms with E-state index in [-0.39, 0.29) is 22.7 Å². The molecule has 102 valence electrons. The summed E-state index contributed by atoms with van der Waals surface area (Å²) in [6.45, 7) is 1.16. The maximum Gasteiger partial charge on any atom is 0.287 e. The number of amides is 1. The molecule has 1 aliphatic rings. The highest BCUT2D eigenvalue weighted by atomic mass is 35.5. The minimum Gasteiger partial charge on any atom is -0.376 e. The van der Waals surface area contributed by atoms with E-state index in [2.05, 4.69) is 5.32 Å². The van der Waals surface area contributed by atoms with E-state index in [0.29, 0.717) is 12.1 Å². The molecule has 0 bridgehead atoms. The van der Waals surface area contributed by atoms with E-state index >= 15 is 0 Å². The highest BCUT2D eigenvalue weighted by Crippen LogP contribution is 2.24. The van der Waals surface area contributed by atoms with Crippen molar-refractivity contribution in [3.63, 3.8) is 0 Å². The van der Waals surface area contributed by atoms with Gasteiger partial charge in [0.25, 0.3) is 11.6 Å². The van der Waals surface area contributed by atoms with E-state index in [1.165, 1.54) is 18.2 Å². The minimum atomic E-state index is -0.587. The van der Waals surface area contributed by atoms with Crippen molar-refractivity contribution in [3.8, 4) is 0 Å². The van der Waals surface area contributed by atoms with Crippen LogP contribution >= 0.6 is 11.6 Å². The molecule has 6 nitrogen and oxygen atoms in total. The minimum absolute atomic E-state index is 0.0465. The van der Waals surface area contributed by atoms with Crippen molar-refractivity contribution in [2.24, 2.45) is 0 Å². The van der Waals surface area contributed by atoms with Gasteiger partial charge in [-0.15, -0.1) is 0 Å². The summed E-state index contributed by atoms with van der Waals surface area (Å²) < 4.78 is 5.38. The van der Waals surface area contributed by atoms with Gasteiger partial charge >= 0.3 is 0 Å². The fourth-order valence-corrected chi connectivity index (χ4v) is 2.16. The molecule has 0 radical (unpaired) electrons. The van der Waals surface area contributed by atoms with E-state index in [0.717, 1.165) is 19.4 Å². The van der Waals surface area contributed by atoms with Gasteiger partial charge in [0.2, 0.25) is 0 Å². The Balaban J connectivity index is 1.98. The molecule has 1 unspecified atom stereocenters. The smallest absolute Gasteiger partial charge is 0.287 e. The van der Waals surface area contributed by atoms with Crippen LogP contribution in [-0.4, -0.2) is 30.1 Å². The standard InChI is InChI=1S/C12H13ClN2O4/c13-10-6-8(3-4-11(10)15(17)18)12(16)14-7-9-2-1-5-19-9/h3-4,6,9H,1-2,5,7H2,(H,14,16). The SMILES string of the molecule is O=C(NCC1CCCO1)c1ccc([N+](=O)[O-])c(Cl)c1. The fraction of sp³-hybridized carbons (Fsp3) is 0.417. The maximum atomic E-state index is 11.8. The number of rotatable bonds is 4. The number of nitro benzene ring substituents is 1. The Hall–Kier alpha value is -1.66. The van der Waals surface area contributed by atoms with Gasteiger partial charge in [-0.3, -0.25) is 14.9 Å². The molecule has 1 aliphatic heterocycles. The topological polar surface area (TPSA) is 81.5 Å². The number of nitrogens with one attached hydrogen (secondary N) is 1. The molecule has 0 spiro atoms. The Bertz CT molecular complexity index is 501. The summed E-state index contributed by atoms with van der Waals surface area (Å²) in [4.78, 5) is 21.9. The van der Waals surface area contributed by atoms with Crippen LogP contribution in [0.1, 0.15) is 23.2 Å². The molecule has 1 aromatic rings. The predicted molar refractivity (Wildman–Crippen MR) is 69.4 cm³/mol. The first kappa shape index (κ1) is 13.8. The lowest BCUT2D eigenvalue weighted by Crippen LogP contribution is -2.31. The van der Waals surface area contributed by atoms with E-state index in [4.69, 9.17) is 16.3 Å². The quantitative estimate of drug-likeness (QED) is 0.678. The van der Waals surface area contributed by atoms with Crippen LogP contribution in [0.4, 0.5) is 5.69 Å². The number of benzene rings is 1. The van der Waals surface area contributed by atoms with Crippen molar-refractivity contribution in [1.82, 2.24) is 5.32 Å². The van der Waals surface area contributed by atoms with Crippen LogP contribution in [0.5, 0.6) is 0 Å². The Morgan fingerprint density at radius 2 is 2.37 bits per heavy atom. The van der Waals surface area contributed by atoms with Gasteiger partial charge in [-0.1, -0.05) is 11.6 Å². The molecule has 0 aliphatic carbocycles. The molecule has 1 aromatic carbocycles. The van der Waals surface area contributed by atoms with Crippen molar-refractivity contribution in [3.05, 3.63) is 38.9 Å². The van der Waals surface area contributed by atoms with Crippen molar-refractivity contribution in [2.75, 3.05) is 13.2 Å². The Morgan fingerprint density at radius 1 is 1.58 bits per heavy atom. The zero-order chi connectivity index (χ0) is 13.8. The van der Waals surface area contributed by atoms with Crippen LogP contribution in [0, 0.1) is 10.1 Å². The summed E-state index contributed by atoms with van der Waals surface area (Å²) in [5.41, 5.74) is 0.0888. The molecule has 19 heavy (non-hydrogen) atoms. The first-order valence-electron chi connectivity index (χ1n) is 5.91. The van der Waals surface area contributed by atoms with Crippen LogP contribution in [0.3, 0.4) is 0 Å². The fourth-order valence-electron chi connectivity index (χ4n) is 1.91. The Morgan fingerprint density at radius 3 is 2.95 bits per heavy atom. The second kappa shape index (κ2) is 5.99. The number of carbonyl (C=O) groups is 1. The van der Waals surface area contributed by atoms with Crippen LogP contribution in [0.15, 0.2) is 18.2 Å². The number of halogens is 1. The molecule has 1 atom stereocenters. The molecule has 1 heterocycles. The number of nitro groups is 1. The van der Waals surface area contributed by atoms with E-state index in [9.17, 15) is 14.9 Å². The van der Waals surface area contributed by atoms with Gasteiger partial charge in [-0.25, -0.2) is 0 Å². The summed E-state index contributed by atoms with van der Waals surface area (Å²) in [5.74, 6) is -0.313. The number of nitrogens with zero attached hydrogens (tertiary/aromatic N) is 1. The second-order valence-electron chi connectivity index (χ2n) is 4.27. The third-order valence-corrected chi connectivity index (χ3v) is 3.22. The number of hydrogen-bond acceptors (Lipinski definition) is 4. The molecule has 1 amide bonds. The first-order chi connectivity index (χ1) is 9.08. The average Bonchev–Trinajstić information content (AvgIpc) is 2.88. The Labute approximate surface area is 114 Å². The van der Waals surface area contributed by atoms with Crippen molar-refractivity contribution >= 4 is 23.2 Å². The van der Waals surface area contributed by atoms with Crippen LogP contribution in [-0.2, 0) is 4.74 Å². The summed E-state index contributed by atoms with van der Waals surface area (Å²) in [5, 5.41) is 13.3. The van der Waals surface area contributed by atoms with Gasteiger partial charge < -0.3 is 10.1 Å². The zero-order valence-corrected chi connectivity index (χ0v) is 10.9. The van der Waals surface area contributed by atoms with Gasteiger partial charge in [-0.05, 0) is 25.0 Å². The molecular formula is C12H13ClN2O4. The normalized spacial score (nSPS) is 18.3. The maximum absolute atomic E-state index is 11.8. The van der Waals surface area contributed by atoms with E-state index in [1.807, 2.05) is 0 Å². The molecule has 7 heteroatoms. The summed E-state index contributed by atoms with van der Waals surface area (Å²) in [6, 6.07) is 3.91. The lowest BCUT2D eigenvalue weighted by molar-refractivity contribution is -0.384. The van der Waals surface area contributed by atoms with Crippen molar-refractivity contribution < 1.29 is 14.5 Å². The molecule has 1 saturated heterocycles. The number of ether oxygens (including phenoxy) is 1. The van der Waals surface area contributed by atoms with Gasteiger partial charge in [0.15, 0.2) is 0 Å². The van der Waals surface area contributed by atoms with E-state index in [1.54, 1.807) is 0 Å². The van der Waals surface area contributed by atoms with Gasteiger partial charge in [0.05, 0.1) is 11.0 Å². The van der Waals surface area contributed by atoms with Gasteiger partial charge in [-0.2, -0.15) is 0 Å². The first-order valence-corrected chi connectivity index (χ1v) is 6.29. The number of hydrogen-bond donors (Lipinski definition) is 1. The predicted octanol–water partition coefficient (Wildman–Crippen LogP) is 2.16. The van der Waals surface area contributed by atoms with Crippen LogP contribution < -0.4 is 5.32 Å². The van der Waals surface area contributed by atoms with Gasteiger partial charge in [0, 0.05) is 24.8 Å². The molecule has 0 aromatic heterocycles.